The molecular formula is C43H51F2N7O8S2. The zero-order chi connectivity index (χ0) is 43.6. The first-order valence-corrected chi connectivity index (χ1v) is 24.0. The van der Waals surface area contributed by atoms with Gasteiger partial charge in [0.05, 0.1) is 36.7 Å². The van der Waals surface area contributed by atoms with E-state index in [1.165, 1.54) is 16.2 Å². The largest absolute Gasteiger partial charge is 0.496 e. The maximum Gasteiger partial charge on any atom is 0.318 e. The van der Waals surface area contributed by atoms with Gasteiger partial charge in [0.25, 0.3) is 11.8 Å². The number of aryl methyl sites for hydroxylation is 1. The number of nitrogens with one attached hydrogen (secondary N) is 3. The fourth-order valence-corrected chi connectivity index (χ4v) is 11.2. The number of halogens is 2. The SMILES string of the molecule is COc1ccc2c(O[C@@H]3C[C@H]4C(=O)N[C@]5(C(=O)NS(=O)(=O)C6CC6)C[C@H]5/C=C\CCCCC[C@H](NC(=O)N5CCC(F)(F)C5)C(=O)N4C3)cc(-c3nc(C4CC4)cs3)nc2c1C. The number of sulfonamides is 1. The summed E-state index contributed by atoms with van der Waals surface area (Å²) in [6.45, 7) is 0.860. The summed E-state index contributed by atoms with van der Waals surface area (Å²) in [5.41, 5.74) is 1.43. The smallest absolute Gasteiger partial charge is 0.318 e. The lowest BCUT2D eigenvalue weighted by atomic mass is 10.0. The topological polar surface area (TPSA) is 189 Å². The molecule has 5 atom stereocenters. The van der Waals surface area contributed by atoms with Crippen molar-refractivity contribution in [3.8, 4) is 22.2 Å². The zero-order valence-corrected chi connectivity index (χ0v) is 36.3. The number of hydrogen-bond acceptors (Lipinski definition) is 11. The van der Waals surface area contributed by atoms with E-state index in [1.807, 2.05) is 36.6 Å². The fraction of sp³-hybridized carbons (Fsp3) is 0.581. The first-order chi connectivity index (χ1) is 29.6. The predicted octanol–water partition coefficient (Wildman–Crippen LogP) is 5.32. The molecule has 19 heteroatoms. The quantitative estimate of drug-likeness (QED) is 0.237. The van der Waals surface area contributed by atoms with E-state index in [9.17, 15) is 36.4 Å². The summed E-state index contributed by atoms with van der Waals surface area (Å²) in [7, 11) is -2.37. The molecule has 15 nitrogen and oxygen atoms in total. The molecule has 9 rings (SSSR count). The van der Waals surface area contributed by atoms with E-state index in [2.05, 4.69) is 15.4 Å². The number of hydrogen-bond donors (Lipinski definition) is 3. The molecule has 3 N–H and O–H groups in total. The summed E-state index contributed by atoms with van der Waals surface area (Å²) in [5.74, 6) is -4.14. The average Bonchev–Trinajstić information content (AvgIpc) is 4.20. The number of ether oxygens (including phenoxy) is 2. The molecule has 3 saturated carbocycles. The van der Waals surface area contributed by atoms with Crippen molar-refractivity contribution < 1.29 is 45.9 Å². The zero-order valence-electron chi connectivity index (χ0n) is 34.7. The molecule has 5 amide bonds. The average molecular weight is 896 g/mol. The van der Waals surface area contributed by atoms with E-state index in [0.29, 0.717) is 71.1 Å². The van der Waals surface area contributed by atoms with Crippen LogP contribution in [0.4, 0.5) is 13.6 Å². The molecule has 5 heterocycles. The standard InChI is InChI=1S/C43H51F2N7O8S2/c1-24-34(59-2)15-14-29-35(19-31(46-36(24)29)38-47-32(22-61-38)25-10-11-25)60-27-18-33-37(53)49-43(40(55)50-62(57,58)28-12-13-28)20-26(43)8-6-4-3-5-7-9-30(39(54)52(33)21-27)48-41(56)51-17-16-42(44,45)23-51/h6,8,14-15,19,22,25-28,30,33H,3-5,7,9-13,16-18,20-21,23H2,1-2H3,(H,48,56)(H,49,53)(H,50,55)/b8-6-/t26-,27-,30+,33+,43-/m1/s1. The van der Waals surface area contributed by atoms with Crippen molar-refractivity contribution in [1.29, 1.82) is 0 Å². The van der Waals surface area contributed by atoms with Crippen LogP contribution in [0.1, 0.15) is 94.2 Å². The van der Waals surface area contributed by atoms with Gasteiger partial charge in [-0.2, -0.15) is 0 Å². The number of nitrogens with zero attached hydrogens (tertiary/aromatic N) is 4. The molecule has 6 aliphatic rings. The highest BCUT2D eigenvalue weighted by atomic mass is 32.2. The number of urea groups is 1. The highest BCUT2D eigenvalue weighted by molar-refractivity contribution is 7.91. The molecule has 2 aromatic heterocycles. The van der Waals surface area contributed by atoms with Gasteiger partial charge in [-0.1, -0.05) is 25.0 Å². The molecule has 62 heavy (non-hydrogen) atoms. The monoisotopic (exact) mass is 895 g/mol. The number of aromatic nitrogens is 2. The van der Waals surface area contributed by atoms with E-state index in [-0.39, 0.29) is 32.4 Å². The molecule has 3 aliphatic heterocycles. The van der Waals surface area contributed by atoms with Crippen LogP contribution in [-0.4, -0.2) is 114 Å². The van der Waals surface area contributed by atoms with Crippen molar-refractivity contribution in [1.82, 2.24) is 35.1 Å². The van der Waals surface area contributed by atoms with E-state index in [4.69, 9.17) is 19.4 Å². The number of rotatable bonds is 9. The number of alkyl halides is 2. The molecule has 2 saturated heterocycles. The maximum atomic E-state index is 14.8. The van der Waals surface area contributed by atoms with Gasteiger partial charge in [0.2, 0.25) is 21.8 Å². The second-order valence-electron chi connectivity index (χ2n) is 17.7. The van der Waals surface area contributed by atoms with Gasteiger partial charge >= 0.3 is 6.03 Å². The maximum absolute atomic E-state index is 14.8. The normalized spacial score (nSPS) is 28.3. The van der Waals surface area contributed by atoms with Crippen LogP contribution in [0, 0.1) is 12.8 Å². The molecule has 0 unspecified atom stereocenters. The third-order valence-corrected chi connectivity index (χ3v) is 15.7. The minimum absolute atomic E-state index is 0.0213. The second kappa shape index (κ2) is 16.3. The van der Waals surface area contributed by atoms with Crippen molar-refractivity contribution >= 4 is 56.0 Å². The highest BCUT2D eigenvalue weighted by Gasteiger charge is 2.62. The van der Waals surface area contributed by atoms with Crippen LogP contribution >= 0.6 is 11.3 Å². The Kier molecular flexibility index (Phi) is 11.2. The van der Waals surface area contributed by atoms with E-state index in [0.717, 1.165) is 35.4 Å². The van der Waals surface area contributed by atoms with Crippen molar-refractivity contribution in [2.45, 2.75) is 125 Å². The van der Waals surface area contributed by atoms with Crippen molar-refractivity contribution in [3.05, 3.63) is 47.0 Å². The Labute approximate surface area is 362 Å². The number of allylic oxidation sites excluding steroid dienone is 1. The summed E-state index contributed by atoms with van der Waals surface area (Å²) in [6, 6.07) is 2.29. The van der Waals surface area contributed by atoms with Crippen molar-refractivity contribution in [2.24, 2.45) is 5.92 Å². The Balaban J connectivity index is 1.05. The number of amides is 5. The van der Waals surface area contributed by atoms with Crippen LogP contribution in [0.5, 0.6) is 11.5 Å². The minimum atomic E-state index is -3.95. The number of pyridine rings is 1. The summed E-state index contributed by atoms with van der Waals surface area (Å²) in [5, 5.41) is 8.35. The number of carbonyl (C=O) groups excluding carboxylic acids is 4. The lowest BCUT2D eigenvalue weighted by molar-refractivity contribution is -0.141. The van der Waals surface area contributed by atoms with Gasteiger partial charge in [0.1, 0.15) is 45.9 Å². The Morgan fingerprint density at radius 2 is 1.85 bits per heavy atom. The molecule has 5 fully saturated rings. The van der Waals surface area contributed by atoms with E-state index in [1.54, 1.807) is 13.2 Å². The van der Waals surface area contributed by atoms with Crippen LogP contribution in [0.2, 0.25) is 0 Å². The van der Waals surface area contributed by atoms with Crippen LogP contribution in [0.25, 0.3) is 21.6 Å². The fourth-order valence-electron chi connectivity index (χ4n) is 8.95. The van der Waals surface area contributed by atoms with Gasteiger partial charge < -0.3 is 29.9 Å². The number of likely N-dealkylation sites (tertiary alicyclic amines) is 1. The molecule has 0 bridgehead atoms. The van der Waals surface area contributed by atoms with Crippen molar-refractivity contribution in [3.63, 3.8) is 0 Å². The van der Waals surface area contributed by atoms with Crippen LogP contribution in [0.15, 0.2) is 35.7 Å². The summed E-state index contributed by atoms with van der Waals surface area (Å²) in [6.07, 6.45) is 8.42. The molecule has 1 aromatic carbocycles. The summed E-state index contributed by atoms with van der Waals surface area (Å²) >= 11 is 1.49. The van der Waals surface area contributed by atoms with Crippen LogP contribution < -0.4 is 24.8 Å². The van der Waals surface area contributed by atoms with Crippen LogP contribution in [-0.2, 0) is 24.4 Å². The van der Waals surface area contributed by atoms with Gasteiger partial charge in [-0.15, -0.1) is 11.3 Å². The van der Waals surface area contributed by atoms with Gasteiger partial charge in [-0.05, 0) is 70.4 Å². The first-order valence-electron chi connectivity index (χ1n) is 21.5. The van der Waals surface area contributed by atoms with Crippen LogP contribution in [0.3, 0.4) is 0 Å². The third kappa shape index (κ3) is 8.58. The van der Waals surface area contributed by atoms with Gasteiger partial charge in [0, 0.05) is 53.6 Å². The van der Waals surface area contributed by atoms with Gasteiger partial charge in [0.15, 0.2) is 0 Å². The first kappa shape index (κ1) is 42.4. The lowest BCUT2D eigenvalue weighted by Gasteiger charge is -2.30. The highest BCUT2D eigenvalue weighted by Crippen LogP contribution is 2.47. The third-order valence-electron chi connectivity index (χ3n) is 13.0. The summed E-state index contributed by atoms with van der Waals surface area (Å²) < 4.78 is 68.9. The molecule has 0 radical (unpaired) electrons. The predicted molar refractivity (Wildman–Crippen MR) is 225 cm³/mol. The number of thiazole rings is 1. The number of fused-ring (bicyclic) bond motifs is 3. The van der Waals surface area contributed by atoms with E-state index < -0.39 is 87.6 Å². The number of carbonyl (C=O) groups is 4. The van der Waals surface area contributed by atoms with Gasteiger partial charge in [-0.25, -0.2) is 32.0 Å². The van der Waals surface area contributed by atoms with Crippen molar-refractivity contribution in [2.75, 3.05) is 26.7 Å². The Morgan fingerprint density at radius 3 is 2.58 bits per heavy atom. The molecule has 3 aromatic rings. The molecule has 0 spiro atoms. The Hall–Kier alpha value is -4.91. The minimum Gasteiger partial charge on any atom is -0.496 e. The van der Waals surface area contributed by atoms with E-state index >= 15 is 0 Å². The Bertz CT molecular complexity index is 2440. The molecule has 3 aliphatic carbocycles. The Morgan fingerprint density at radius 1 is 1.05 bits per heavy atom. The lowest BCUT2D eigenvalue weighted by Crippen LogP contribution is -2.58. The van der Waals surface area contributed by atoms with Gasteiger partial charge in [-0.3, -0.25) is 19.1 Å². The number of benzene rings is 1. The second-order valence-corrected chi connectivity index (χ2v) is 20.5. The molecular weight excluding hydrogens is 845 g/mol. The molecule has 332 valence electrons. The number of methoxy groups -OCH3 is 1. The summed E-state index contributed by atoms with van der Waals surface area (Å²) in [4.78, 5) is 69.0.